The van der Waals surface area contributed by atoms with Crippen LogP contribution in [-0.2, 0) is 6.54 Å². The van der Waals surface area contributed by atoms with Crippen molar-refractivity contribution in [3.63, 3.8) is 0 Å². The third kappa shape index (κ3) is 3.89. The third-order valence-corrected chi connectivity index (χ3v) is 3.79. The monoisotopic (exact) mass is 309 g/mol. The lowest BCUT2D eigenvalue weighted by atomic mass is 10.1. The molecule has 0 spiro atoms. The van der Waals surface area contributed by atoms with Crippen LogP contribution in [-0.4, -0.2) is 7.11 Å². The van der Waals surface area contributed by atoms with E-state index >= 15 is 0 Å². The molecule has 0 radical (unpaired) electrons. The van der Waals surface area contributed by atoms with Gasteiger partial charge in [0.2, 0.25) is 0 Å². The molecule has 0 saturated heterocycles. The maximum absolute atomic E-state index is 6.16. The van der Waals surface area contributed by atoms with Crippen LogP contribution in [0.4, 0.5) is 0 Å². The molecule has 0 aliphatic heterocycles. The lowest BCUT2D eigenvalue weighted by Gasteiger charge is -2.16. The van der Waals surface area contributed by atoms with Gasteiger partial charge < -0.3 is 10.1 Å². The Morgan fingerprint density at radius 2 is 1.95 bits per heavy atom. The summed E-state index contributed by atoms with van der Waals surface area (Å²) in [7, 11) is 1.67. The highest BCUT2D eigenvalue weighted by Gasteiger charge is 2.07. The maximum atomic E-state index is 6.16. The van der Waals surface area contributed by atoms with Crippen molar-refractivity contribution in [3.8, 4) is 5.75 Å². The summed E-state index contributed by atoms with van der Waals surface area (Å²) in [4.78, 5) is 0. The van der Waals surface area contributed by atoms with Crippen LogP contribution in [0.3, 0.4) is 0 Å². The van der Waals surface area contributed by atoms with Crippen LogP contribution in [0.25, 0.3) is 0 Å². The molecular formula is C16H17Cl2NO. The number of nitrogens with one attached hydrogen (secondary N) is 1. The van der Waals surface area contributed by atoms with Gasteiger partial charge >= 0.3 is 0 Å². The van der Waals surface area contributed by atoms with Crippen LogP contribution in [0.5, 0.6) is 5.75 Å². The van der Waals surface area contributed by atoms with E-state index in [-0.39, 0.29) is 6.04 Å². The van der Waals surface area contributed by atoms with E-state index in [1.54, 1.807) is 13.2 Å². The number of halogens is 2. The molecule has 0 bridgehead atoms. The van der Waals surface area contributed by atoms with Crippen molar-refractivity contribution >= 4 is 23.2 Å². The van der Waals surface area contributed by atoms with E-state index in [2.05, 4.69) is 18.3 Å². The molecule has 2 aromatic carbocycles. The van der Waals surface area contributed by atoms with E-state index in [4.69, 9.17) is 27.9 Å². The maximum Gasteiger partial charge on any atom is 0.119 e. The van der Waals surface area contributed by atoms with Gasteiger partial charge in [-0.25, -0.2) is 0 Å². The fraction of sp³-hybridized carbons (Fsp3) is 0.250. The Kier molecular flexibility index (Phi) is 5.30. The van der Waals surface area contributed by atoms with E-state index in [9.17, 15) is 0 Å². The minimum Gasteiger partial charge on any atom is -0.497 e. The van der Waals surface area contributed by atoms with Gasteiger partial charge in [-0.3, -0.25) is 0 Å². The lowest BCUT2D eigenvalue weighted by molar-refractivity contribution is 0.413. The van der Waals surface area contributed by atoms with Crippen molar-refractivity contribution in [2.75, 3.05) is 7.11 Å². The van der Waals surface area contributed by atoms with Gasteiger partial charge in [0.25, 0.3) is 0 Å². The van der Waals surface area contributed by atoms with Crippen LogP contribution < -0.4 is 10.1 Å². The zero-order valence-electron chi connectivity index (χ0n) is 11.5. The Morgan fingerprint density at radius 3 is 2.65 bits per heavy atom. The first-order valence-electron chi connectivity index (χ1n) is 6.41. The van der Waals surface area contributed by atoms with Crippen molar-refractivity contribution in [2.45, 2.75) is 19.5 Å². The van der Waals surface area contributed by atoms with Crippen molar-refractivity contribution in [3.05, 3.63) is 63.6 Å². The van der Waals surface area contributed by atoms with Gasteiger partial charge in [0.15, 0.2) is 0 Å². The SMILES string of the molecule is COc1cccc([C@@H](C)NCc2ccc(Cl)cc2Cl)c1. The first-order chi connectivity index (χ1) is 9.60. The zero-order chi connectivity index (χ0) is 14.5. The first-order valence-corrected chi connectivity index (χ1v) is 7.17. The summed E-state index contributed by atoms with van der Waals surface area (Å²) < 4.78 is 5.24. The summed E-state index contributed by atoms with van der Waals surface area (Å²) in [6.07, 6.45) is 0. The first kappa shape index (κ1) is 15.2. The Balaban J connectivity index is 2.02. The molecule has 20 heavy (non-hydrogen) atoms. The van der Waals surface area contributed by atoms with Gasteiger partial charge in [-0.2, -0.15) is 0 Å². The Bertz CT molecular complexity index is 586. The van der Waals surface area contributed by atoms with Crippen LogP contribution in [0.15, 0.2) is 42.5 Å². The number of hydrogen-bond acceptors (Lipinski definition) is 2. The van der Waals surface area contributed by atoms with Crippen LogP contribution >= 0.6 is 23.2 Å². The molecule has 1 N–H and O–H groups in total. The molecule has 0 aromatic heterocycles. The van der Waals surface area contributed by atoms with Gasteiger partial charge in [0, 0.05) is 22.6 Å². The smallest absolute Gasteiger partial charge is 0.119 e. The third-order valence-electron chi connectivity index (χ3n) is 3.21. The van der Waals surface area contributed by atoms with Crippen molar-refractivity contribution < 1.29 is 4.74 Å². The summed E-state index contributed by atoms with van der Waals surface area (Å²) >= 11 is 12.1. The molecular weight excluding hydrogens is 293 g/mol. The molecule has 0 saturated carbocycles. The molecule has 0 aliphatic rings. The Morgan fingerprint density at radius 1 is 1.15 bits per heavy atom. The quantitative estimate of drug-likeness (QED) is 0.852. The number of ether oxygens (including phenoxy) is 1. The average Bonchev–Trinajstić information content (AvgIpc) is 2.46. The molecule has 0 fully saturated rings. The highest BCUT2D eigenvalue weighted by Crippen LogP contribution is 2.23. The highest BCUT2D eigenvalue weighted by molar-refractivity contribution is 6.35. The second-order valence-electron chi connectivity index (χ2n) is 4.61. The highest BCUT2D eigenvalue weighted by atomic mass is 35.5. The molecule has 2 rings (SSSR count). The van der Waals surface area contributed by atoms with Gasteiger partial charge in [-0.15, -0.1) is 0 Å². The standard InChI is InChI=1S/C16H17Cl2NO/c1-11(12-4-3-5-15(8-12)20-2)19-10-13-6-7-14(17)9-16(13)18/h3-9,11,19H,10H2,1-2H3/t11-/m1/s1. The second kappa shape index (κ2) is 6.98. The number of hydrogen-bond donors (Lipinski definition) is 1. The van der Waals surface area contributed by atoms with Crippen LogP contribution in [0.2, 0.25) is 10.0 Å². The topological polar surface area (TPSA) is 21.3 Å². The average molecular weight is 310 g/mol. The van der Waals surface area contributed by atoms with Gasteiger partial charge in [-0.05, 0) is 42.3 Å². The van der Waals surface area contributed by atoms with Crippen molar-refractivity contribution in [1.82, 2.24) is 5.32 Å². The van der Waals surface area contributed by atoms with Crippen molar-refractivity contribution in [2.24, 2.45) is 0 Å². The molecule has 106 valence electrons. The predicted molar refractivity (Wildman–Crippen MR) is 84.7 cm³/mol. The summed E-state index contributed by atoms with van der Waals surface area (Å²) in [6, 6.07) is 13.8. The minimum absolute atomic E-state index is 0.205. The Labute approximate surface area is 129 Å². The van der Waals surface area contributed by atoms with Crippen LogP contribution in [0.1, 0.15) is 24.1 Å². The van der Waals surface area contributed by atoms with E-state index in [1.807, 2.05) is 30.3 Å². The Hall–Kier alpha value is -1.22. The molecule has 0 aliphatic carbocycles. The number of methoxy groups -OCH3 is 1. The van der Waals surface area contributed by atoms with Crippen LogP contribution in [0, 0.1) is 0 Å². The molecule has 2 nitrogen and oxygen atoms in total. The largest absolute Gasteiger partial charge is 0.497 e. The normalized spacial score (nSPS) is 12.2. The molecule has 0 unspecified atom stereocenters. The number of rotatable bonds is 5. The molecule has 0 heterocycles. The zero-order valence-corrected chi connectivity index (χ0v) is 13.0. The van der Waals surface area contributed by atoms with Crippen molar-refractivity contribution in [1.29, 1.82) is 0 Å². The lowest BCUT2D eigenvalue weighted by Crippen LogP contribution is -2.18. The van der Waals surface area contributed by atoms with E-state index < -0.39 is 0 Å². The van der Waals surface area contributed by atoms with E-state index in [0.29, 0.717) is 16.6 Å². The summed E-state index contributed by atoms with van der Waals surface area (Å²) in [5, 5.41) is 4.78. The van der Waals surface area contributed by atoms with E-state index in [1.165, 1.54) is 5.56 Å². The van der Waals surface area contributed by atoms with Gasteiger partial charge in [0.05, 0.1) is 7.11 Å². The van der Waals surface area contributed by atoms with E-state index in [0.717, 1.165) is 11.3 Å². The molecule has 1 atom stereocenters. The fourth-order valence-corrected chi connectivity index (χ4v) is 2.43. The summed E-state index contributed by atoms with van der Waals surface area (Å²) in [6.45, 7) is 2.80. The summed E-state index contributed by atoms with van der Waals surface area (Å²) in [5.41, 5.74) is 2.21. The second-order valence-corrected chi connectivity index (χ2v) is 5.46. The predicted octanol–water partition coefficient (Wildman–Crippen LogP) is 4.85. The van der Waals surface area contributed by atoms with Gasteiger partial charge in [0.1, 0.15) is 5.75 Å². The molecule has 4 heteroatoms. The molecule has 2 aromatic rings. The van der Waals surface area contributed by atoms with Gasteiger partial charge in [-0.1, -0.05) is 41.4 Å². The minimum atomic E-state index is 0.205. The number of benzene rings is 2. The fourth-order valence-electron chi connectivity index (χ4n) is 1.96. The summed E-state index contributed by atoms with van der Waals surface area (Å²) in [5.74, 6) is 0.862. The molecule has 0 amide bonds.